The monoisotopic (exact) mass is 262 g/mol. The maximum atomic E-state index is 12.0. The predicted octanol–water partition coefficient (Wildman–Crippen LogP) is 2.04. The number of morpholine rings is 1. The molecule has 0 aliphatic carbocycles. The van der Waals surface area contributed by atoms with Gasteiger partial charge in [-0.15, -0.1) is 0 Å². The molecule has 1 fully saturated rings. The molecule has 0 radical (unpaired) electrons. The number of rotatable bonds is 3. The maximum absolute atomic E-state index is 12.0. The van der Waals surface area contributed by atoms with Crippen LogP contribution in [-0.2, 0) is 9.53 Å². The molecular weight excluding hydrogens is 240 g/mol. The third-order valence-corrected chi connectivity index (χ3v) is 3.20. The van der Waals surface area contributed by atoms with Gasteiger partial charge in [0.25, 0.3) is 0 Å². The summed E-state index contributed by atoms with van der Waals surface area (Å²) in [7, 11) is 0. The second kappa shape index (κ2) is 6.17. The number of carbonyl (C=O) groups excluding carboxylic acids is 1. The van der Waals surface area contributed by atoms with Crippen LogP contribution in [0.4, 0.5) is 5.69 Å². The smallest absolute Gasteiger partial charge is 0.238 e. The second-order valence-electron chi connectivity index (χ2n) is 5.37. The Labute approximate surface area is 114 Å². The highest BCUT2D eigenvalue weighted by Crippen LogP contribution is 2.12. The molecular formula is C15H22N2O2. The van der Waals surface area contributed by atoms with Crippen molar-refractivity contribution in [3.63, 3.8) is 0 Å². The van der Waals surface area contributed by atoms with Gasteiger partial charge in [-0.1, -0.05) is 17.7 Å². The Kier molecular flexibility index (Phi) is 4.56. The van der Waals surface area contributed by atoms with Gasteiger partial charge in [0, 0.05) is 18.8 Å². The zero-order chi connectivity index (χ0) is 13.8. The number of anilines is 1. The minimum Gasteiger partial charge on any atom is -0.373 e. The van der Waals surface area contributed by atoms with Crippen LogP contribution in [0.15, 0.2) is 24.3 Å². The number of aryl methyl sites for hydroxylation is 1. The van der Waals surface area contributed by atoms with E-state index in [0.717, 1.165) is 18.8 Å². The molecule has 0 saturated carbocycles. The fourth-order valence-electron chi connectivity index (χ4n) is 2.45. The molecule has 0 unspecified atom stereocenters. The summed E-state index contributed by atoms with van der Waals surface area (Å²) < 4.78 is 5.66. The van der Waals surface area contributed by atoms with E-state index in [1.165, 1.54) is 5.56 Å². The molecule has 0 aromatic heterocycles. The van der Waals surface area contributed by atoms with E-state index in [2.05, 4.69) is 10.2 Å². The molecule has 19 heavy (non-hydrogen) atoms. The molecule has 4 nitrogen and oxygen atoms in total. The first kappa shape index (κ1) is 14.0. The molecule has 0 spiro atoms. The summed E-state index contributed by atoms with van der Waals surface area (Å²) in [6.07, 6.45) is 0.381. The lowest BCUT2D eigenvalue weighted by Gasteiger charge is -2.34. The van der Waals surface area contributed by atoms with Gasteiger partial charge in [0.2, 0.25) is 5.91 Å². The van der Waals surface area contributed by atoms with Crippen molar-refractivity contribution in [2.45, 2.75) is 33.0 Å². The van der Waals surface area contributed by atoms with E-state index in [0.29, 0.717) is 6.54 Å². The summed E-state index contributed by atoms with van der Waals surface area (Å²) in [4.78, 5) is 14.1. The number of nitrogens with zero attached hydrogens (tertiary/aromatic N) is 1. The fourth-order valence-corrected chi connectivity index (χ4v) is 2.45. The number of hydrogen-bond acceptors (Lipinski definition) is 3. The Morgan fingerprint density at radius 1 is 1.26 bits per heavy atom. The highest BCUT2D eigenvalue weighted by molar-refractivity contribution is 5.92. The molecule has 1 saturated heterocycles. The average molecular weight is 262 g/mol. The van der Waals surface area contributed by atoms with E-state index in [1.54, 1.807) is 0 Å². The van der Waals surface area contributed by atoms with E-state index in [4.69, 9.17) is 4.74 Å². The Hall–Kier alpha value is -1.39. The summed E-state index contributed by atoms with van der Waals surface area (Å²) in [5, 5.41) is 2.92. The van der Waals surface area contributed by atoms with Crippen LogP contribution < -0.4 is 5.32 Å². The Balaban J connectivity index is 1.85. The van der Waals surface area contributed by atoms with Crippen LogP contribution in [0.5, 0.6) is 0 Å². The van der Waals surface area contributed by atoms with Gasteiger partial charge in [-0.2, -0.15) is 0 Å². The minimum absolute atomic E-state index is 0.0325. The number of benzene rings is 1. The van der Waals surface area contributed by atoms with Crippen molar-refractivity contribution in [2.24, 2.45) is 0 Å². The summed E-state index contributed by atoms with van der Waals surface area (Å²) in [5.41, 5.74) is 2.04. The number of carbonyl (C=O) groups is 1. The number of ether oxygens (including phenoxy) is 1. The van der Waals surface area contributed by atoms with Gasteiger partial charge < -0.3 is 10.1 Å². The number of hydrogen-bond donors (Lipinski definition) is 1. The van der Waals surface area contributed by atoms with Crippen LogP contribution in [0.25, 0.3) is 0 Å². The number of nitrogens with one attached hydrogen (secondary N) is 1. The molecule has 1 N–H and O–H groups in total. The SMILES string of the molecule is Cc1ccc(NC(=O)CN2C[C@@H](C)O[C@@H](C)C2)cc1. The molecule has 1 heterocycles. The zero-order valence-electron chi connectivity index (χ0n) is 11.8. The van der Waals surface area contributed by atoms with Crippen LogP contribution in [0.1, 0.15) is 19.4 Å². The quantitative estimate of drug-likeness (QED) is 0.906. The van der Waals surface area contributed by atoms with E-state index >= 15 is 0 Å². The van der Waals surface area contributed by atoms with Crippen LogP contribution >= 0.6 is 0 Å². The molecule has 1 aliphatic rings. The normalized spacial score (nSPS) is 24.2. The average Bonchev–Trinajstić information content (AvgIpc) is 2.30. The van der Waals surface area contributed by atoms with Crippen molar-refractivity contribution in [3.8, 4) is 0 Å². The van der Waals surface area contributed by atoms with E-state index in [9.17, 15) is 4.79 Å². The van der Waals surface area contributed by atoms with Crippen molar-refractivity contribution in [1.29, 1.82) is 0 Å². The van der Waals surface area contributed by atoms with E-state index < -0.39 is 0 Å². The van der Waals surface area contributed by atoms with Gasteiger partial charge in [-0.25, -0.2) is 0 Å². The lowest BCUT2D eigenvalue weighted by atomic mass is 10.2. The summed E-state index contributed by atoms with van der Waals surface area (Å²) in [6.45, 7) is 8.16. The Bertz CT molecular complexity index is 420. The zero-order valence-corrected chi connectivity index (χ0v) is 11.8. The van der Waals surface area contributed by atoms with Crippen molar-refractivity contribution >= 4 is 11.6 Å². The first-order chi connectivity index (χ1) is 9.02. The van der Waals surface area contributed by atoms with Crippen molar-refractivity contribution in [2.75, 3.05) is 25.0 Å². The molecule has 1 amide bonds. The van der Waals surface area contributed by atoms with Crippen LogP contribution in [0.3, 0.4) is 0 Å². The highest BCUT2D eigenvalue weighted by atomic mass is 16.5. The molecule has 1 aliphatic heterocycles. The highest BCUT2D eigenvalue weighted by Gasteiger charge is 2.23. The van der Waals surface area contributed by atoms with Crippen molar-refractivity contribution in [3.05, 3.63) is 29.8 Å². The third kappa shape index (κ3) is 4.33. The Morgan fingerprint density at radius 3 is 2.42 bits per heavy atom. The first-order valence-corrected chi connectivity index (χ1v) is 6.77. The lowest BCUT2D eigenvalue weighted by molar-refractivity contribution is -0.121. The molecule has 1 aromatic carbocycles. The lowest BCUT2D eigenvalue weighted by Crippen LogP contribution is -2.48. The second-order valence-corrected chi connectivity index (χ2v) is 5.37. The number of amides is 1. The third-order valence-electron chi connectivity index (χ3n) is 3.20. The van der Waals surface area contributed by atoms with Crippen molar-refractivity contribution in [1.82, 2.24) is 4.90 Å². The van der Waals surface area contributed by atoms with Crippen LogP contribution in [-0.4, -0.2) is 42.6 Å². The van der Waals surface area contributed by atoms with Gasteiger partial charge in [0.1, 0.15) is 0 Å². The fraction of sp³-hybridized carbons (Fsp3) is 0.533. The summed E-state index contributed by atoms with van der Waals surface area (Å²) in [6, 6.07) is 7.85. The van der Waals surface area contributed by atoms with Gasteiger partial charge in [0.15, 0.2) is 0 Å². The van der Waals surface area contributed by atoms with Gasteiger partial charge >= 0.3 is 0 Å². The summed E-state index contributed by atoms with van der Waals surface area (Å²) in [5.74, 6) is 0.0325. The first-order valence-electron chi connectivity index (χ1n) is 6.77. The largest absolute Gasteiger partial charge is 0.373 e. The molecule has 2 atom stereocenters. The van der Waals surface area contributed by atoms with Gasteiger partial charge in [-0.05, 0) is 32.9 Å². The standard InChI is InChI=1S/C15H22N2O2/c1-11-4-6-14(7-5-11)16-15(18)10-17-8-12(2)19-13(3)9-17/h4-7,12-13H,8-10H2,1-3H3,(H,16,18)/t12-,13+. The minimum atomic E-state index is 0.0325. The Morgan fingerprint density at radius 2 is 1.84 bits per heavy atom. The van der Waals surface area contributed by atoms with E-state index in [1.807, 2.05) is 45.0 Å². The predicted molar refractivity (Wildman–Crippen MR) is 76.3 cm³/mol. The maximum Gasteiger partial charge on any atom is 0.238 e. The molecule has 1 aromatic rings. The van der Waals surface area contributed by atoms with Crippen molar-refractivity contribution < 1.29 is 9.53 Å². The molecule has 4 heteroatoms. The van der Waals surface area contributed by atoms with Gasteiger partial charge in [0.05, 0.1) is 18.8 Å². The topological polar surface area (TPSA) is 41.6 Å². The molecule has 2 rings (SSSR count). The van der Waals surface area contributed by atoms with Crippen LogP contribution in [0.2, 0.25) is 0 Å². The van der Waals surface area contributed by atoms with Crippen LogP contribution in [0, 0.1) is 6.92 Å². The van der Waals surface area contributed by atoms with E-state index in [-0.39, 0.29) is 18.1 Å². The molecule has 0 bridgehead atoms. The molecule has 104 valence electrons. The summed E-state index contributed by atoms with van der Waals surface area (Å²) >= 11 is 0. The van der Waals surface area contributed by atoms with Gasteiger partial charge in [-0.3, -0.25) is 9.69 Å².